The van der Waals surface area contributed by atoms with Crippen LogP contribution in [0.2, 0.25) is 0 Å². The van der Waals surface area contributed by atoms with Gasteiger partial charge in [0.2, 0.25) is 0 Å². The Hall–Kier alpha value is -2.81. The summed E-state index contributed by atoms with van der Waals surface area (Å²) in [5.41, 5.74) is 3.61. The minimum Gasteiger partial charge on any atom is -0.449 e. The van der Waals surface area contributed by atoms with Crippen molar-refractivity contribution >= 4 is 22.0 Å². The van der Waals surface area contributed by atoms with Crippen LogP contribution in [0.1, 0.15) is 28.7 Å². The zero-order chi connectivity index (χ0) is 22.8. The van der Waals surface area contributed by atoms with Crippen molar-refractivity contribution in [2.75, 3.05) is 13.2 Å². The summed E-state index contributed by atoms with van der Waals surface area (Å²) >= 11 is 2.91. The van der Waals surface area contributed by atoms with Gasteiger partial charge in [-0.2, -0.15) is 0 Å². The van der Waals surface area contributed by atoms with Gasteiger partial charge in [0.25, 0.3) is 0 Å². The molecule has 2 atom stereocenters. The van der Waals surface area contributed by atoms with Crippen molar-refractivity contribution in [3.8, 4) is 11.1 Å². The van der Waals surface area contributed by atoms with Crippen LogP contribution in [-0.2, 0) is 4.74 Å². The van der Waals surface area contributed by atoms with Crippen molar-refractivity contribution in [1.29, 1.82) is 0 Å². The molecular weight excluding hydrogens is 484 g/mol. The van der Waals surface area contributed by atoms with Gasteiger partial charge in [-0.1, -0.05) is 48.5 Å². The Bertz CT molecular complexity index is 1110. The lowest BCUT2D eigenvalue weighted by atomic mass is 9.98. The van der Waals surface area contributed by atoms with Crippen molar-refractivity contribution < 1.29 is 28.5 Å². The monoisotopic (exact) mass is 503 g/mol. The van der Waals surface area contributed by atoms with Gasteiger partial charge in [0.1, 0.15) is 30.4 Å². The van der Waals surface area contributed by atoms with Crippen molar-refractivity contribution in [2.45, 2.75) is 18.1 Å². The number of rotatable bonds is 6. The van der Waals surface area contributed by atoms with E-state index in [1.807, 2.05) is 48.5 Å². The van der Waals surface area contributed by atoms with Gasteiger partial charge in [-0.15, -0.1) is 0 Å². The minimum atomic E-state index is -1.87. The molecule has 5 nitrogen and oxygen atoms in total. The molecule has 0 saturated carbocycles. The van der Waals surface area contributed by atoms with E-state index in [0.717, 1.165) is 34.4 Å². The summed E-state index contributed by atoms with van der Waals surface area (Å²) in [6.45, 7) is -0.378. The number of carbonyl (C=O) groups is 1. The second-order valence-corrected chi connectivity index (χ2v) is 8.33. The van der Waals surface area contributed by atoms with Crippen LogP contribution in [0.15, 0.2) is 65.1 Å². The number of carbonyl (C=O) groups excluding carboxylic acids is 1. The molecule has 0 fully saturated rings. The van der Waals surface area contributed by atoms with Gasteiger partial charge in [-0.3, -0.25) is 0 Å². The maximum atomic E-state index is 14.1. The lowest BCUT2D eigenvalue weighted by Crippen LogP contribution is -2.36. The lowest BCUT2D eigenvalue weighted by Gasteiger charge is -2.20. The zero-order valence-electron chi connectivity index (χ0n) is 16.8. The van der Waals surface area contributed by atoms with Crippen molar-refractivity contribution in [3.63, 3.8) is 0 Å². The van der Waals surface area contributed by atoms with Gasteiger partial charge < -0.3 is 20.3 Å². The highest BCUT2D eigenvalue weighted by molar-refractivity contribution is 9.10. The molecule has 0 aliphatic heterocycles. The largest absolute Gasteiger partial charge is 0.449 e. The van der Waals surface area contributed by atoms with E-state index in [0.29, 0.717) is 0 Å². The highest BCUT2D eigenvalue weighted by Gasteiger charge is 2.30. The number of halogens is 3. The molecule has 32 heavy (non-hydrogen) atoms. The van der Waals surface area contributed by atoms with Gasteiger partial charge >= 0.3 is 6.09 Å². The summed E-state index contributed by atoms with van der Waals surface area (Å²) in [5, 5.41) is 22.6. The van der Waals surface area contributed by atoms with Crippen LogP contribution in [0.25, 0.3) is 11.1 Å². The fraction of sp³-hybridized carbons (Fsp3) is 0.208. The fourth-order valence-corrected chi connectivity index (χ4v) is 4.30. The first kappa shape index (κ1) is 22.4. The number of amides is 1. The summed E-state index contributed by atoms with van der Waals surface area (Å²) in [6.07, 6.45) is -4.33. The third kappa shape index (κ3) is 4.26. The standard InChI is InChI=1S/C24H20BrF2NO4/c25-18-9-10-19(26)21(22(18)27)23(30)20(29)11-28-24(31)32-12-17-15-7-3-1-5-13(15)14-6-2-4-8-16(14)17/h1-10,17,20,23,29-30H,11-12H2,(H,28,31). The van der Waals surface area contributed by atoms with Gasteiger partial charge in [0.05, 0.1) is 10.0 Å². The molecule has 0 heterocycles. The molecule has 0 radical (unpaired) electrons. The van der Waals surface area contributed by atoms with Crippen LogP contribution >= 0.6 is 15.9 Å². The second-order valence-electron chi connectivity index (χ2n) is 7.48. The van der Waals surface area contributed by atoms with Crippen LogP contribution in [0, 0.1) is 11.6 Å². The first-order valence-corrected chi connectivity index (χ1v) is 10.8. The molecule has 1 amide bonds. The molecule has 0 aromatic heterocycles. The molecule has 1 aliphatic rings. The number of hydrogen-bond donors (Lipinski definition) is 3. The van der Waals surface area contributed by atoms with E-state index in [1.54, 1.807) is 0 Å². The van der Waals surface area contributed by atoms with Crippen molar-refractivity contribution in [3.05, 3.63) is 93.5 Å². The van der Waals surface area contributed by atoms with Crippen LogP contribution in [-0.4, -0.2) is 35.6 Å². The van der Waals surface area contributed by atoms with Crippen LogP contribution in [0.4, 0.5) is 13.6 Å². The normalized spacial score (nSPS) is 14.4. The first-order chi connectivity index (χ1) is 15.4. The summed E-state index contributed by atoms with van der Waals surface area (Å²) in [7, 11) is 0. The number of ether oxygens (including phenoxy) is 1. The summed E-state index contributed by atoms with van der Waals surface area (Å²) in [5.74, 6) is -2.15. The molecule has 4 rings (SSSR count). The Labute approximate surface area is 191 Å². The molecule has 0 spiro atoms. The molecule has 2 unspecified atom stereocenters. The van der Waals surface area contributed by atoms with Gasteiger partial charge in [-0.05, 0) is 50.3 Å². The minimum absolute atomic E-state index is 0.0513. The van der Waals surface area contributed by atoms with E-state index in [4.69, 9.17) is 4.74 Å². The topological polar surface area (TPSA) is 78.8 Å². The Morgan fingerprint density at radius 3 is 2.22 bits per heavy atom. The zero-order valence-corrected chi connectivity index (χ0v) is 18.4. The number of nitrogens with one attached hydrogen (secondary N) is 1. The Balaban J connectivity index is 1.37. The molecule has 1 aliphatic carbocycles. The summed E-state index contributed by atoms with van der Waals surface area (Å²) in [6, 6.07) is 17.9. The first-order valence-electron chi connectivity index (χ1n) is 9.97. The quantitative estimate of drug-likeness (QED) is 0.427. The van der Waals surface area contributed by atoms with Crippen molar-refractivity contribution in [2.24, 2.45) is 0 Å². The van der Waals surface area contributed by atoms with Crippen molar-refractivity contribution in [1.82, 2.24) is 5.32 Å². The molecule has 166 valence electrons. The predicted octanol–water partition coefficient (Wildman–Crippen LogP) is 4.66. The highest BCUT2D eigenvalue weighted by Crippen LogP contribution is 2.44. The Kier molecular flexibility index (Phi) is 6.55. The Morgan fingerprint density at radius 2 is 1.59 bits per heavy atom. The number of benzene rings is 3. The van der Waals surface area contributed by atoms with E-state index in [1.165, 1.54) is 0 Å². The van der Waals surface area contributed by atoms with Crippen LogP contribution in [0.5, 0.6) is 0 Å². The Morgan fingerprint density at radius 1 is 1.00 bits per heavy atom. The smallest absolute Gasteiger partial charge is 0.407 e. The van der Waals surface area contributed by atoms with Gasteiger partial charge in [0, 0.05) is 12.5 Å². The fourth-order valence-electron chi connectivity index (χ4n) is 3.96. The van der Waals surface area contributed by atoms with Gasteiger partial charge in [-0.25, -0.2) is 13.6 Å². The van der Waals surface area contributed by atoms with Crippen LogP contribution < -0.4 is 5.32 Å². The number of aliphatic hydroxyl groups is 2. The molecule has 3 aromatic rings. The molecular formula is C24H20BrF2NO4. The van der Waals surface area contributed by atoms with E-state index >= 15 is 0 Å². The number of hydrogen-bond acceptors (Lipinski definition) is 4. The SMILES string of the molecule is O=C(NCC(O)C(O)c1c(F)ccc(Br)c1F)OCC1c2ccccc2-c2ccccc21. The maximum absolute atomic E-state index is 14.1. The maximum Gasteiger partial charge on any atom is 0.407 e. The van der Waals surface area contributed by atoms with Gasteiger partial charge in [0.15, 0.2) is 0 Å². The number of aliphatic hydroxyl groups excluding tert-OH is 2. The summed E-state index contributed by atoms with van der Waals surface area (Å²) < 4.78 is 33.4. The van der Waals surface area contributed by atoms with E-state index in [9.17, 15) is 23.8 Å². The second kappa shape index (κ2) is 9.36. The highest BCUT2D eigenvalue weighted by atomic mass is 79.9. The lowest BCUT2D eigenvalue weighted by molar-refractivity contribution is 0.0143. The molecule has 3 N–H and O–H groups in total. The number of alkyl carbamates (subject to hydrolysis) is 1. The average molecular weight is 504 g/mol. The third-order valence-corrected chi connectivity index (χ3v) is 6.15. The molecule has 8 heteroatoms. The summed E-state index contributed by atoms with van der Waals surface area (Å²) in [4.78, 5) is 12.2. The number of fused-ring (bicyclic) bond motifs is 3. The van der Waals surface area contributed by atoms with E-state index in [2.05, 4.69) is 21.2 Å². The third-order valence-electron chi connectivity index (χ3n) is 5.54. The van der Waals surface area contributed by atoms with Crippen LogP contribution in [0.3, 0.4) is 0 Å². The average Bonchev–Trinajstić information content (AvgIpc) is 3.12. The predicted molar refractivity (Wildman–Crippen MR) is 118 cm³/mol. The van der Waals surface area contributed by atoms with E-state index in [-0.39, 0.29) is 17.0 Å². The molecule has 3 aromatic carbocycles. The molecule has 0 saturated heterocycles. The molecule has 0 bridgehead atoms. The van der Waals surface area contributed by atoms with E-state index < -0.39 is 42.0 Å².